The van der Waals surface area contributed by atoms with E-state index in [1.807, 2.05) is 6.07 Å². The number of ketones is 1. The van der Waals surface area contributed by atoms with Crippen molar-refractivity contribution >= 4 is 11.5 Å². The second kappa shape index (κ2) is 6.80. The minimum absolute atomic E-state index is 0.0479. The van der Waals surface area contributed by atoms with Gasteiger partial charge >= 0.3 is 0 Å². The summed E-state index contributed by atoms with van der Waals surface area (Å²) in [6.07, 6.45) is 2.04. The maximum atomic E-state index is 11.7. The molecule has 0 atom stereocenters. The van der Waals surface area contributed by atoms with Gasteiger partial charge in [-0.1, -0.05) is 13.8 Å². The third kappa shape index (κ3) is 3.33. The van der Waals surface area contributed by atoms with E-state index in [4.69, 9.17) is 5.26 Å². The van der Waals surface area contributed by atoms with Crippen LogP contribution < -0.4 is 4.90 Å². The average molecular weight is 244 g/mol. The van der Waals surface area contributed by atoms with E-state index in [0.717, 1.165) is 31.6 Å². The molecule has 0 saturated carbocycles. The van der Waals surface area contributed by atoms with Gasteiger partial charge in [0.05, 0.1) is 11.6 Å². The maximum absolute atomic E-state index is 11.7. The second-order valence-electron chi connectivity index (χ2n) is 4.39. The fraction of sp³-hybridized carbons (Fsp3) is 0.467. The third-order valence-electron chi connectivity index (χ3n) is 2.83. The fourth-order valence-electron chi connectivity index (χ4n) is 2.05. The van der Waals surface area contributed by atoms with Gasteiger partial charge in [-0.2, -0.15) is 5.26 Å². The molecule has 18 heavy (non-hydrogen) atoms. The van der Waals surface area contributed by atoms with Gasteiger partial charge in [0.2, 0.25) is 0 Å². The molecule has 1 aromatic rings. The predicted octanol–water partition coefficient (Wildman–Crippen LogP) is 3.39. The lowest BCUT2D eigenvalue weighted by molar-refractivity contribution is 0.101. The summed E-state index contributed by atoms with van der Waals surface area (Å²) >= 11 is 0. The van der Waals surface area contributed by atoms with E-state index in [1.165, 1.54) is 0 Å². The van der Waals surface area contributed by atoms with Gasteiger partial charge in [0.15, 0.2) is 5.78 Å². The normalized spacial score (nSPS) is 9.89. The van der Waals surface area contributed by atoms with Gasteiger partial charge in [0, 0.05) is 24.3 Å². The number of benzene rings is 1. The zero-order valence-corrected chi connectivity index (χ0v) is 11.4. The summed E-state index contributed by atoms with van der Waals surface area (Å²) in [5.41, 5.74) is 2.20. The van der Waals surface area contributed by atoms with Crippen LogP contribution in [0.15, 0.2) is 18.2 Å². The molecule has 0 aliphatic carbocycles. The van der Waals surface area contributed by atoms with Crippen LogP contribution in [0.4, 0.5) is 5.69 Å². The molecule has 0 N–H and O–H groups in total. The molecule has 0 unspecified atom stereocenters. The molecule has 0 heterocycles. The summed E-state index contributed by atoms with van der Waals surface area (Å²) in [7, 11) is 0. The highest BCUT2D eigenvalue weighted by atomic mass is 16.1. The predicted molar refractivity (Wildman–Crippen MR) is 74.0 cm³/mol. The molecule has 0 bridgehead atoms. The van der Waals surface area contributed by atoms with Crippen molar-refractivity contribution in [1.82, 2.24) is 0 Å². The molecule has 3 nitrogen and oxygen atoms in total. The van der Waals surface area contributed by atoms with Crippen LogP contribution >= 0.6 is 0 Å². The molecule has 0 aliphatic rings. The number of nitriles is 1. The van der Waals surface area contributed by atoms with Crippen molar-refractivity contribution in [3.8, 4) is 6.07 Å². The van der Waals surface area contributed by atoms with E-state index in [1.54, 1.807) is 19.1 Å². The lowest BCUT2D eigenvalue weighted by Crippen LogP contribution is -2.26. The summed E-state index contributed by atoms with van der Waals surface area (Å²) in [6, 6.07) is 7.42. The van der Waals surface area contributed by atoms with E-state index in [-0.39, 0.29) is 5.78 Å². The number of hydrogen-bond acceptors (Lipinski definition) is 3. The molecule has 1 rings (SSSR count). The topological polar surface area (TPSA) is 44.1 Å². The lowest BCUT2D eigenvalue weighted by atomic mass is 10.0. The zero-order valence-electron chi connectivity index (χ0n) is 11.4. The first kappa shape index (κ1) is 14.2. The maximum Gasteiger partial charge on any atom is 0.161 e. The zero-order chi connectivity index (χ0) is 13.5. The molecule has 0 radical (unpaired) electrons. The first-order chi connectivity index (χ1) is 8.63. The monoisotopic (exact) mass is 244 g/mol. The highest BCUT2D eigenvalue weighted by Gasteiger charge is 2.13. The van der Waals surface area contributed by atoms with Crippen molar-refractivity contribution in [3.63, 3.8) is 0 Å². The van der Waals surface area contributed by atoms with E-state index in [2.05, 4.69) is 24.8 Å². The van der Waals surface area contributed by atoms with Gasteiger partial charge in [-0.3, -0.25) is 4.79 Å². The minimum atomic E-state index is 0.0479. The number of hydrogen-bond donors (Lipinski definition) is 0. The van der Waals surface area contributed by atoms with Crippen LogP contribution in [-0.2, 0) is 0 Å². The summed E-state index contributed by atoms with van der Waals surface area (Å²) in [4.78, 5) is 13.9. The van der Waals surface area contributed by atoms with Gasteiger partial charge in [0.25, 0.3) is 0 Å². The number of anilines is 1. The van der Waals surface area contributed by atoms with E-state index in [9.17, 15) is 4.79 Å². The van der Waals surface area contributed by atoms with Crippen LogP contribution in [0.2, 0.25) is 0 Å². The molecule has 0 saturated heterocycles. The van der Waals surface area contributed by atoms with Crippen LogP contribution in [0.1, 0.15) is 49.5 Å². The van der Waals surface area contributed by atoms with Gasteiger partial charge < -0.3 is 4.90 Å². The Labute approximate surface area is 109 Å². The first-order valence-corrected chi connectivity index (χ1v) is 6.44. The number of carbonyl (C=O) groups is 1. The van der Waals surface area contributed by atoms with Crippen LogP contribution in [-0.4, -0.2) is 18.9 Å². The molecular weight excluding hydrogens is 224 g/mol. The number of Topliss-reactive ketones (excluding diaryl/α,β-unsaturated/α-hetero) is 1. The third-order valence-corrected chi connectivity index (χ3v) is 2.83. The molecule has 0 fully saturated rings. The van der Waals surface area contributed by atoms with Gasteiger partial charge in [-0.25, -0.2) is 0 Å². The minimum Gasteiger partial charge on any atom is -0.371 e. The largest absolute Gasteiger partial charge is 0.371 e. The molecule has 3 heteroatoms. The summed E-state index contributed by atoms with van der Waals surface area (Å²) in [5, 5.41) is 8.98. The Kier molecular flexibility index (Phi) is 5.38. The van der Waals surface area contributed by atoms with Gasteiger partial charge in [-0.05, 0) is 38.0 Å². The van der Waals surface area contributed by atoms with Crippen LogP contribution in [0.25, 0.3) is 0 Å². The van der Waals surface area contributed by atoms with E-state index in [0.29, 0.717) is 11.1 Å². The van der Waals surface area contributed by atoms with E-state index >= 15 is 0 Å². The highest BCUT2D eigenvalue weighted by molar-refractivity contribution is 6.00. The Balaban J connectivity index is 3.23. The number of nitrogens with zero attached hydrogens (tertiary/aromatic N) is 2. The van der Waals surface area contributed by atoms with E-state index < -0.39 is 0 Å². The summed E-state index contributed by atoms with van der Waals surface area (Å²) < 4.78 is 0. The summed E-state index contributed by atoms with van der Waals surface area (Å²) in [5.74, 6) is 0.0479. The SMILES string of the molecule is CCCN(CCC)c1cc(C#N)ccc1C(C)=O. The standard InChI is InChI=1S/C15H20N2O/c1-4-8-17(9-5-2)15-10-13(11-16)6-7-14(15)12(3)18/h6-7,10H,4-5,8-9H2,1-3H3. The van der Waals surface area contributed by atoms with Crippen molar-refractivity contribution < 1.29 is 4.79 Å². The average Bonchev–Trinajstić information content (AvgIpc) is 2.37. The van der Waals surface area contributed by atoms with Crippen molar-refractivity contribution in [1.29, 1.82) is 5.26 Å². The number of rotatable bonds is 6. The summed E-state index contributed by atoms with van der Waals surface area (Å²) in [6.45, 7) is 7.61. The van der Waals surface area contributed by atoms with Crippen LogP contribution in [0.5, 0.6) is 0 Å². The Morgan fingerprint density at radius 1 is 1.28 bits per heavy atom. The molecule has 96 valence electrons. The van der Waals surface area contributed by atoms with Gasteiger partial charge in [0.1, 0.15) is 0 Å². The Morgan fingerprint density at radius 3 is 2.33 bits per heavy atom. The Hall–Kier alpha value is -1.82. The van der Waals surface area contributed by atoms with Crippen LogP contribution in [0.3, 0.4) is 0 Å². The van der Waals surface area contributed by atoms with Gasteiger partial charge in [-0.15, -0.1) is 0 Å². The van der Waals surface area contributed by atoms with Crippen LogP contribution in [0, 0.1) is 11.3 Å². The second-order valence-corrected chi connectivity index (χ2v) is 4.39. The van der Waals surface area contributed by atoms with Crippen molar-refractivity contribution in [2.24, 2.45) is 0 Å². The highest BCUT2D eigenvalue weighted by Crippen LogP contribution is 2.23. The molecule has 0 spiro atoms. The van der Waals surface area contributed by atoms with Crippen molar-refractivity contribution in [2.75, 3.05) is 18.0 Å². The fourth-order valence-corrected chi connectivity index (χ4v) is 2.05. The number of carbonyl (C=O) groups excluding carboxylic acids is 1. The Morgan fingerprint density at radius 2 is 1.89 bits per heavy atom. The quantitative estimate of drug-likeness (QED) is 0.720. The molecular formula is C15H20N2O. The Bertz CT molecular complexity index is 454. The molecule has 0 aromatic heterocycles. The van der Waals surface area contributed by atoms with Crippen molar-refractivity contribution in [2.45, 2.75) is 33.6 Å². The van der Waals surface area contributed by atoms with Crippen molar-refractivity contribution in [3.05, 3.63) is 29.3 Å². The smallest absolute Gasteiger partial charge is 0.161 e. The first-order valence-electron chi connectivity index (χ1n) is 6.44. The molecule has 0 amide bonds. The molecule has 1 aromatic carbocycles. The lowest BCUT2D eigenvalue weighted by Gasteiger charge is -2.26. The molecule has 0 aliphatic heterocycles.